The standard InChI is InChI=1S/C34H26NO4P/c1-22(23-11-3-2-4-12-23)35-40-36-21-24-13-9-18-29-32(24)34(25-14-5-7-16-27(25)37-29)26-15-6-8-17-28(26)38-30-19-10-20-31(39-40)33(30)34/h2-20,22,35H,21H2,1H3/t22-,34-,40?/m0/s1. The Morgan fingerprint density at radius 2 is 1.20 bits per heavy atom. The van der Waals surface area contributed by atoms with Crippen LogP contribution in [0.4, 0.5) is 0 Å². The van der Waals surface area contributed by atoms with Crippen molar-refractivity contribution in [1.29, 1.82) is 0 Å². The predicted molar refractivity (Wildman–Crippen MR) is 155 cm³/mol. The molecule has 3 aliphatic rings. The monoisotopic (exact) mass is 543 g/mol. The van der Waals surface area contributed by atoms with Gasteiger partial charge in [0.1, 0.15) is 28.7 Å². The number of para-hydroxylation sites is 2. The maximum Gasteiger partial charge on any atom is 0.319 e. The molecule has 40 heavy (non-hydrogen) atoms. The summed E-state index contributed by atoms with van der Waals surface area (Å²) >= 11 is 0. The molecule has 0 fully saturated rings. The Bertz CT molecular complexity index is 1720. The van der Waals surface area contributed by atoms with E-state index in [2.05, 4.69) is 54.5 Å². The minimum absolute atomic E-state index is 0.0277. The average molecular weight is 544 g/mol. The quantitative estimate of drug-likeness (QED) is 0.226. The predicted octanol–water partition coefficient (Wildman–Crippen LogP) is 8.77. The molecule has 3 atom stereocenters. The minimum Gasteiger partial charge on any atom is -0.457 e. The highest BCUT2D eigenvalue weighted by Crippen LogP contribution is 2.65. The molecule has 3 heterocycles. The van der Waals surface area contributed by atoms with Crippen molar-refractivity contribution in [3.05, 3.63) is 149 Å². The van der Waals surface area contributed by atoms with Crippen LogP contribution in [0, 0.1) is 0 Å². The molecule has 1 N–H and O–H groups in total. The molecule has 8 rings (SSSR count). The number of rotatable bonds is 3. The summed E-state index contributed by atoms with van der Waals surface area (Å²) in [5, 5.41) is 3.62. The molecule has 1 spiro atoms. The molecular weight excluding hydrogens is 517 g/mol. The summed E-state index contributed by atoms with van der Waals surface area (Å²) in [4.78, 5) is 0. The van der Waals surface area contributed by atoms with Gasteiger partial charge in [-0.2, -0.15) is 0 Å². The van der Waals surface area contributed by atoms with Crippen molar-refractivity contribution in [1.82, 2.24) is 5.09 Å². The lowest BCUT2D eigenvalue weighted by Gasteiger charge is -2.45. The summed E-state index contributed by atoms with van der Waals surface area (Å²) in [6.07, 6.45) is 0. The van der Waals surface area contributed by atoms with Crippen molar-refractivity contribution in [2.45, 2.75) is 25.0 Å². The molecule has 5 aromatic carbocycles. The fourth-order valence-corrected chi connectivity index (χ4v) is 7.54. The molecule has 1 unspecified atom stereocenters. The van der Waals surface area contributed by atoms with Crippen molar-refractivity contribution in [2.75, 3.05) is 0 Å². The Morgan fingerprint density at radius 3 is 1.93 bits per heavy atom. The van der Waals surface area contributed by atoms with Gasteiger partial charge in [0, 0.05) is 22.7 Å². The van der Waals surface area contributed by atoms with Gasteiger partial charge >= 0.3 is 8.53 Å². The van der Waals surface area contributed by atoms with E-state index in [1.54, 1.807) is 0 Å². The van der Waals surface area contributed by atoms with Gasteiger partial charge in [0.2, 0.25) is 0 Å². The number of nitrogens with one attached hydrogen (secondary N) is 1. The first-order valence-electron chi connectivity index (χ1n) is 13.5. The topological polar surface area (TPSA) is 49.0 Å². The molecule has 6 heteroatoms. The van der Waals surface area contributed by atoms with Gasteiger partial charge in [0.05, 0.1) is 17.6 Å². The fourth-order valence-electron chi connectivity index (χ4n) is 6.31. The van der Waals surface area contributed by atoms with Gasteiger partial charge in [-0.25, -0.2) is 5.09 Å². The van der Waals surface area contributed by atoms with Crippen LogP contribution >= 0.6 is 8.53 Å². The van der Waals surface area contributed by atoms with E-state index in [-0.39, 0.29) is 6.04 Å². The van der Waals surface area contributed by atoms with Crippen LogP contribution in [0.15, 0.2) is 115 Å². The molecule has 5 nitrogen and oxygen atoms in total. The molecule has 5 aromatic rings. The van der Waals surface area contributed by atoms with E-state index in [0.717, 1.165) is 56.6 Å². The van der Waals surface area contributed by atoms with E-state index in [9.17, 15) is 0 Å². The third-order valence-corrected chi connectivity index (χ3v) is 9.31. The lowest BCUT2D eigenvalue weighted by atomic mass is 9.61. The first-order chi connectivity index (χ1) is 19.7. The highest BCUT2D eigenvalue weighted by Gasteiger charge is 2.53. The number of ether oxygens (including phenoxy) is 2. The third kappa shape index (κ3) is 3.45. The van der Waals surface area contributed by atoms with Crippen LogP contribution in [0.1, 0.15) is 46.3 Å². The Morgan fingerprint density at radius 1 is 0.625 bits per heavy atom. The molecule has 3 aliphatic heterocycles. The molecule has 0 bridgehead atoms. The second-order valence-corrected chi connectivity index (χ2v) is 11.5. The lowest BCUT2D eigenvalue weighted by molar-refractivity contribution is 0.291. The van der Waals surface area contributed by atoms with Gasteiger partial charge in [-0.1, -0.05) is 84.9 Å². The summed E-state index contributed by atoms with van der Waals surface area (Å²) in [5.74, 6) is 3.95. The van der Waals surface area contributed by atoms with Crippen LogP contribution in [-0.2, 0) is 16.5 Å². The third-order valence-electron chi connectivity index (χ3n) is 7.99. The average Bonchev–Trinajstić information content (AvgIpc) is 3.05. The number of hydrogen-bond acceptors (Lipinski definition) is 5. The summed E-state index contributed by atoms with van der Waals surface area (Å²) in [6, 6.07) is 39.2. The second kappa shape index (κ2) is 9.21. The van der Waals surface area contributed by atoms with Gasteiger partial charge in [-0.3, -0.25) is 0 Å². The van der Waals surface area contributed by atoms with E-state index in [1.165, 1.54) is 5.56 Å². The Labute approximate surface area is 234 Å². The maximum atomic E-state index is 6.82. The molecule has 0 saturated carbocycles. The summed E-state index contributed by atoms with van der Waals surface area (Å²) in [6.45, 7) is 2.49. The smallest absolute Gasteiger partial charge is 0.319 e. The SMILES string of the molecule is C[C@H](NP1OCc2cccc3c2[C@]2(c4ccccc4O3)c3ccccc3Oc3cccc(c32)O1)c1ccccc1. The van der Waals surface area contributed by atoms with E-state index < -0.39 is 13.9 Å². The van der Waals surface area contributed by atoms with Gasteiger partial charge in [-0.15, -0.1) is 0 Å². The lowest BCUT2D eigenvalue weighted by Crippen LogP contribution is -2.38. The highest BCUT2D eigenvalue weighted by atomic mass is 31.2. The van der Waals surface area contributed by atoms with Gasteiger partial charge in [-0.05, 0) is 48.4 Å². The fraction of sp³-hybridized carbons (Fsp3) is 0.118. The zero-order valence-electron chi connectivity index (χ0n) is 21.8. The zero-order valence-corrected chi connectivity index (χ0v) is 22.7. The van der Waals surface area contributed by atoms with Crippen LogP contribution in [0.25, 0.3) is 0 Å². The van der Waals surface area contributed by atoms with Crippen LogP contribution in [-0.4, -0.2) is 0 Å². The molecular formula is C34H26NO4P. The molecule has 0 radical (unpaired) electrons. The maximum absolute atomic E-state index is 6.82. The van der Waals surface area contributed by atoms with E-state index >= 15 is 0 Å². The Kier molecular flexibility index (Phi) is 5.46. The van der Waals surface area contributed by atoms with E-state index in [4.69, 9.17) is 18.5 Å². The molecule has 0 saturated heterocycles. The normalized spacial score (nSPS) is 20.4. The van der Waals surface area contributed by atoms with E-state index in [0.29, 0.717) is 6.61 Å². The first kappa shape index (κ1) is 23.7. The summed E-state index contributed by atoms with van der Waals surface area (Å²) in [7, 11) is -1.52. The van der Waals surface area contributed by atoms with Crippen LogP contribution in [0.2, 0.25) is 0 Å². The van der Waals surface area contributed by atoms with Crippen LogP contribution < -0.4 is 19.1 Å². The van der Waals surface area contributed by atoms with Crippen molar-refractivity contribution >= 4 is 8.53 Å². The zero-order chi connectivity index (χ0) is 26.7. The Hall–Kier alpha value is -4.15. The summed E-state index contributed by atoms with van der Waals surface area (Å²) < 4.78 is 26.6. The van der Waals surface area contributed by atoms with Crippen molar-refractivity contribution < 1.29 is 18.5 Å². The van der Waals surface area contributed by atoms with Crippen molar-refractivity contribution in [2.24, 2.45) is 0 Å². The molecule has 0 aromatic heterocycles. The van der Waals surface area contributed by atoms with Crippen molar-refractivity contribution in [3.8, 4) is 28.7 Å². The molecule has 0 aliphatic carbocycles. The minimum atomic E-state index is -1.52. The number of hydrogen-bond donors (Lipinski definition) is 1. The van der Waals surface area contributed by atoms with E-state index in [1.807, 2.05) is 72.8 Å². The number of fused-ring (bicyclic) bond motifs is 2. The first-order valence-corrected chi connectivity index (χ1v) is 14.6. The second-order valence-electron chi connectivity index (χ2n) is 10.2. The number of benzene rings is 5. The largest absolute Gasteiger partial charge is 0.457 e. The van der Waals surface area contributed by atoms with Gasteiger partial charge in [0.15, 0.2) is 0 Å². The molecule has 196 valence electrons. The Balaban J connectivity index is 1.40. The van der Waals surface area contributed by atoms with Crippen LogP contribution in [0.3, 0.4) is 0 Å². The highest BCUT2D eigenvalue weighted by molar-refractivity contribution is 7.45. The van der Waals surface area contributed by atoms with Crippen LogP contribution in [0.5, 0.6) is 28.7 Å². The van der Waals surface area contributed by atoms with Crippen molar-refractivity contribution in [3.63, 3.8) is 0 Å². The summed E-state index contributed by atoms with van der Waals surface area (Å²) in [5.41, 5.74) is 5.64. The van der Waals surface area contributed by atoms with Gasteiger partial charge < -0.3 is 18.5 Å². The van der Waals surface area contributed by atoms with Gasteiger partial charge in [0.25, 0.3) is 0 Å². The molecule has 0 amide bonds.